The van der Waals surface area contributed by atoms with Crippen molar-refractivity contribution in [3.05, 3.63) is 28.2 Å². The fourth-order valence-corrected chi connectivity index (χ4v) is 3.17. The molecule has 0 heterocycles. The molecule has 0 saturated heterocycles. The van der Waals surface area contributed by atoms with E-state index < -0.39 is 6.10 Å². The highest BCUT2D eigenvalue weighted by Gasteiger charge is 2.06. The minimum Gasteiger partial charge on any atom is -0.389 e. The third-order valence-corrected chi connectivity index (χ3v) is 3.96. The maximum absolute atomic E-state index is 9.47. The molecule has 84 valence electrons. The Bertz CT molecular complexity index is 312. The van der Waals surface area contributed by atoms with Gasteiger partial charge in [-0.05, 0) is 36.8 Å². The van der Waals surface area contributed by atoms with Gasteiger partial charge >= 0.3 is 0 Å². The largest absolute Gasteiger partial charge is 0.389 e. The van der Waals surface area contributed by atoms with E-state index in [2.05, 4.69) is 35.0 Å². The number of aliphatic hydroxyl groups is 1. The van der Waals surface area contributed by atoms with Crippen LogP contribution in [0.2, 0.25) is 0 Å². The summed E-state index contributed by atoms with van der Waals surface area (Å²) < 4.78 is 0.999. The van der Waals surface area contributed by atoms with Crippen molar-refractivity contribution >= 4 is 27.7 Å². The third kappa shape index (κ3) is 4.17. The van der Waals surface area contributed by atoms with Crippen molar-refractivity contribution in [2.75, 3.05) is 5.75 Å². The number of hydrogen-bond acceptors (Lipinski definition) is 2. The first kappa shape index (κ1) is 13.1. The Labute approximate surface area is 104 Å². The van der Waals surface area contributed by atoms with Gasteiger partial charge in [0.25, 0.3) is 0 Å². The minimum atomic E-state index is -0.408. The van der Waals surface area contributed by atoms with Crippen molar-refractivity contribution in [1.82, 2.24) is 0 Å². The van der Waals surface area contributed by atoms with Crippen LogP contribution < -0.4 is 0 Å². The van der Waals surface area contributed by atoms with Gasteiger partial charge in [0.2, 0.25) is 0 Å². The number of halogens is 1. The molecule has 0 spiro atoms. The van der Waals surface area contributed by atoms with Gasteiger partial charge in [-0.25, -0.2) is 0 Å². The minimum absolute atomic E-state index is 0.408. The highest BCUT2D eigenvalue weighted by Crippen LogP contribution is 2.29. The summed E-state index contributed by atoms with van der Waals surface area (Å²) in [5.74, 6) is 1.16. The molecule has 1 nitrogen and oxygen atoms in total. The molecule has 1 rings (SSSR count). The first-order valence-electron chi connectivity index (χ1n) is 5.25. The van der Waals surface area contributed by atoms with Gasteiger partial charge in [0.05, 0.1) is 6.10 Å². The zero-order valence-corrected chi connectivity index (χ0v) is 11.6. The van der Waals surface area contributed by atoms with Crippen molar-refractivity contribution in [2.45, 2.75) is 37.7 Å². The van der Waals surface area contributed by atoms with Gasteiger partial charge in [-0.2, -0.15) is 0 Å². The van der Waals surface area contributed by atoms with Crippen molar-refractivity contribution in [3.8, 4) is 0 Å². The summed E-state index contributed by atoms with van der Waals surface area (Å²) in [6.45, 7) is 3.98. The summed E-state index contributed by atoms with van der Waals surface area (Å²) in [6, 6.07) is 6.15. The van der Waals surface area contributed by atoms with Gasteiger partial charge in [0, 0.05) is 9.37 Å². The van der Waals surface area contributed by atoms with Crippen LogP contribution in [0.15, 0.2) is 27.6 Å². The van der Waals surface area contributed by atoms with Crippen molar-refractivity contribution < 1.29 is 5.11 Å². The predicted octanol–water partition coefficient (Wildman–Crippen LogP) is 4.39. The van der Waals surface area contributed by atoms with Crippen LogP contribution in [0.4, 0.5) is 0 Å². The Hall–Kier alpha value is 0.01000. The number of rotatable bonds is 5. The van der Waals surface area contributed by atoms with E-state index in [1.54, 1.807) is 6.92 Å². The molecule has 0 amide bonds. The van der Waals surface area contributed by atoms with E-state index >= 15 is 0 Å². The van der Waals surface area contributed by atoms with Gasteiger partial charge in [0.15, 0.2) is 0 Å². The van der Waals surface area contributed by atoms with Crippen LogP contribution in [0, 0.1) is 0 Å². The van der Waals surface area contributed by atoms with Gasteiger partial charge in [-0.15, -0.1) is 11.8 Å². The molecular weight excluding hydrogens is 272 g/mol. The summed E-state index contributed by atoms with van der Waals surface area (Å²) in [6.07, 6.45) is 2.08. The molecule has 1 aromatic carbocycles. The Morgan fingerprint density at radius 3 is 2.73 bits per heavy atom. The maximum atomic E-state index is 9.47. The van der Waals surface area contributed by atoms with Crippen molar-refractivity contribution in [3.63, 3.8) is 0 Å². The van der Waals surface area contributed by atoms with E-state index in [0.29, 0.717) is 0 Å². The number of hydrogen-bond donors (Lipinski definition) is 1. The lowest BCUT2D eigenvalue weighted by molar-refractivity contribution is 0.198. The van der Waals surface area contributed by atoms with E-state index in [0.717, 1.165) is 15.8 Å². The highest BCUT2D eigenvalue weighted by molar-refractivity contribution is 9.10. The maximum Gasteiger partial charge on any atom is 0.0772 e. The van der Waals surface area contributed by atoms with Gasteiger partial charge in [-0.3, -0.25) is 0 Å². The Balaban J connectivity index is 2.65. The summed E-state index contributed by atoms with van der Waals surface area (Å²) in [4.78, 5) is 1.26. The lowest BCUT2D eigenvalue weighted by atomic mass is 10.1. The summed E-state index contributed by atoms with van der Waals surface area (Å²) in [5, 5.41) is 9.47. The van der Waals surface area contributed by atoms with Gasteiger partial charge in [-0.1, -0.05) is 35.3 Å². The summed E-state index contributed by atoms with van der Waals surface area (Å²) >= 11 is 5.35. The lowest BCUT2D eigenvalue weighted by Crippen LogP contribution is -1.92. The number of aliphatic hydroxyl groups excluding tert-OH is 1. The van der Waals surface area contributed by atoms with Crippen molar-refractivity contribution in [1.29, 1.82) is 0 Å². The number of unbranched alkanes of at least 4 members (excludes halogenated alkanes) is 1. The fraction of sp³-hybridized carbons (Fsp3) is 0.500. The molecule has 1 atom stereocenters. The van der Waals surface area contributed by atoms with E-state index in [1.807, 2.05) is 17.8 Å². The fourth-order valence-electron chi connectivity index (χ4n) is 1.27. The standard InChI is InChI=1S/C12H17BrOS/c1-3-4-7-15-10-5-6-11(9(2)14)12(13)8-10/h5-6,8-9,14H,3-4,7H2,1-2H3/t9-/m0/s1. The molecular formula is C12H17BrOS. The van der Waals surface area contributed by atoms with Crippen LogP contribution in [-0.2, 0) is 0 Å². The average Bonchev–Trinajstić information content (AvgIpc) is 2.17. The quantitative estimate of drug-likeness (QED) is 0.640. The Morgan fingerprint density at radius 1 is 1.47 bits per heavy atom. The summed E-state index contributed by atoms with van der Waals surface area (Å²) in [7, 11) is 0. The normalized spacial score (nSPS) is 12.8. The second kappa shape index (κ2) is 6.56. The van der Waals surface area contributed by atoms with E-state index in [1.165, 1.54) is 17.7 Å². The molecule has 1 N–H and O–H groups in total. The van der Waals surface area contributed by atoms with Crippen LogP contribution in [0.25, 0.3) is 0 Å². The molecule has 0 aliphatic carbocycles. The zero-order valence-electron chi connectivity index (χ0n) is 9.16. The van der Waals surface area contributed by atoms with Crippen molar-refractivity contribution in [2.24, 2.45) is 0 Å². The third-order valence-electron chi connectivity index (χ3n) is 2.19. The first-order valence-corrected chi connectivity index (χ1v) is 7.03. The van der Waals surface area contributed by atoms with Crippen LogP contribution >= 0.6 is 27.7 Å². The van der Waals surface area contributed by atoms with Crippen LogP contribution in [0.1, 0.15) is 38.4 Å². The second-order valence-electron chi connectivity index (χ2n) is 3.56. The Morgan fingerprint density at radius 2 is 2.20 bits per heavy atom. The second-order valence-corrected chi connectivity index (χ2v) is 5.58. The molecule has 0 aliphatic rings. The topological polar surface area (TPSA) is 20.2 Å². The highest BCUT2D eigenvalue weighted by atomic mass is 79.9. The Kier molecular flexibility index (Phi) is 5.72. The SMILES string of the molecule is CCCCSc1ccc([C@H](C)O)c(Br)c1. The van der Waals surface area contributed by atoms with E-state index in [4.69, 9.17) is 0 Å². The molecule has 1 aromatic rings. The molecule has 0 bridgehead atoms. The van der Waals surface area contributed by atoms with Crippen LogP contribution in [-0.4, -0.2) is 10.9 Å². The lowest BCUT2D eigenvalue weighted by Gasteiger charge is -2.09. The van der Waals surface area contributed by atoms with Gasteiger partial charge in [0.1, 0.15) is 0 Å². The number of thioether (sulfide) groups is 1. The molecule has 0 aliphatic heterocycles. The van der Waals surface area contributed by atoms with Gasteiger partial charge < -0.3 is 5.11 Å². The first-order chi connectivity index (χ1) is 7.15. The summed E-state index contributed by atoms with van der Waals surface area (Å²) in [5.41, 5.74) is 0.954. The molecule has 0 unspecified atom stereocenters. The average molecular weight is 289 g/mol. The molecule has 0 aromatic heterocycles. The molecule has 3 heteroatoms. The van der Waals surface area contributed by atoms with Crippen LogP contribution in [0.3, 0.4) is 0 Å². The van der Waals surface area contributed by atoms with E-state index in [9.17, 15) is 5.11 Å². The smallest absolute Gasteiger partial charge is 0.0772 e. The number of benzene rings is 1. The van der Waals surface area contributed by atoms with E-state index in [-0.39, 0.29) is 0 Å². The molecule has 0 saturated carbocycles. The molecule has 15 heavy (non-hydrogen) atoms. The zero-order chi connectivity index (χ0) is 11.3. The molecule has 0 fully saturated rings. The monoisotopic (exact) mass is 288 g/mol. The van der Waals surface area contributed by atoms with Crippen LogP contribution in [0.5, 0.6) is 0 Å². The molecule has 0 radical (unpaired) electrons. The predicted molar refractivity (Wildman–Crippen MR) is 70.4 cm³/mol.